The van der Waals surface area contributed by atoms with Crippen molar-refractivity contribution in [1.29, 1.82) is 0 Å². The molecule has 2 rings (SSSR count). The zero-order chi connectivity index (χ0) is 15.1. The highest BCUT2D eigenvalue weighted by Crippen LogP contribution is 2.20. The van der Waals surface area contributed by atoms with E-state index in [9.17, 15) is 4.79 Å². The lowest BCUT2D eigenvalue weighted by Crippen LogP contribution is -2.31. The van der Waals surface area contributed by atoms with Gasteiger partial charge >= 0.3 is 0 Å². The van der Waals surface area contributed by atoms with Crippen LogP contribution in [-0.4, -0.2) is 37.0 Å². The summed E-state index contributed by atoms with van der Waals surface area (Å²) >= 11 is 0. The Morgan fingerprint density at radius 3 is 2.71 bits per heavy atom. The van der Waals surface area contributed by atoms with Gasteiger partial charge in [-0.25, -0.2) is 0 Å². The molecule has 21 heavy (non-hydrogen) atoms. The lowest BCUT2D eigenvalue weighted by Gasteiger charge is -2.19. The van der Waals surface area contributed by atoms with E-state index in [4.69, 9.17) is 0 Å². The fourth-order valence-corrected chi connectivity index (χ4v) is 2.67. The first kappa shape index (κ1) is 16.0. The maximum absolute atomic E-state index is 12.2. The van der Waals surface area contributed by atoms with Crippen molar-refractivity contribution >= 4 is 11.6 Å². The number of para-hydroxylation sites is 1. The van der Waals surface area contributed by atoms with E-state index in [1.807, 2.05) is 25.1 Å². The summed E-state index contributed by atoms with van der Waals surface area (Å²) in [7, 11) is 0. The maximum atomic E-state index is 12.2. The van der Waals surface area contributed by atoms with Crippen LogP contribution in [0.1, 0.15) is 32.3 Å². The van der Waals surface area contributed by atoms with Crippen LogP contribution in [0.5, 0.6) is 0 Å². The van der Waals surface area contributed by atoms with Crippen LogP contribution in [0.15, 0.2) is 24.3 Å². The number of nitrogens with zero attached hydrogens (tertiary/aromatic N) is 1. The molecule has 1 saturated heterocycles. The van der Waals surface area contributed by atoms with Crippen molar-refractivity contribution in [2.45, 2.75) is 33.2 Å². The summed E-state index contributed by atoms with van der Waals surface area (Å²) in [5.41, 5.74) is 2.17. The standard InChI is InChI=1S/C17H27N3O/c1-3-18-12-14(2)17(21)19-16-9-5-4-8-15(16)13-20-10-6-7-11-20/h4-5,8-9,14,18H,3,6-7,10-13H2,1-2H3,(H,19,21). The number of likely N-dealkylation sites (tertiary alicyclic amines) is 1. The molecule has 116 valence electrons. The maximum Gasteiger partial charge on any atom is 0.228 e. The molecule has 0 spiro atoms. The average Bonchev–Trinajstić information content (AvgIpc) is 2.99. The van der Waals surface area contributed by atoms with Crippen LogP contribution in [0.25, 0.3) is 0 Å². The Kier molecular flexibility index (Phi) is 6.21. The highest BCUT2D eigenvalue weighted by Gasteiger charge is 2.16. The molecular formula is C17H27N3O. The van der Waals surface area contributed by atoms with Gasteiger partial charge in [-0.2, -0.15) is 0 Å². The Hall–Kier alpha value is -1.39. The second-order valence-electron chi connectivity index (χ2n) is 5.84. The lowest BCUT2D eigenvalue weighted by molar-refractivity contribution is -0.119. The highest BCUT2D eigenvalue weighted by atomic mass is 16.1. The Labute approximate surface area is 127 Å². The third-order valence-corrected chi connectivity index (χ3v) is 4.02. The first-order valence-electron chi connectivity index (χ1n) is 8.02. The number of nitrogens with one attached hydrogen (secondary N) is 2. The number of carbonyl (C=O) groups excluding carboxylic acids is 1. The SMILES string of the molecule is CCNCC(C)C(=O)Nc1ccccc1CN1CCCC1. The third-order valence-electron chi connectivity index (χ3n) is 4.02. The molecule has 0 aromatic heterocycles. The molecular weight excluding hydrogens is 262 g/mol. The van der Waals surface area contributed by atoms with Gasteiger partial charge in [-0.15, -0.1) is 0 Å². The smallest absolute Gasteiger partial charge is 0.228 e. The molecule has 0 bridgehead atoms. The minimum absolute atomic E-state index is 0.0233. The molecule has 1 aromatic carbocycles. The van der Waals surface area contributed by atoms with Gasteiger partial charge < -0.3 is 10.6 Å². The molecule has 1 fully saturated rings. The minimum atomic E-state index is -0.0233. The zero-order valence-corrected chi connectivity index (χ0v) is 13.2. The molecule has 1 atom stereocenters. The van der Waals surface area contributed by atoms with Gasteiger partial charge in [0.05, 0.1) is 0 Å². The summed E-state index contributed by atoms with van der Waals surface area (Å²) in [6.07, 6.45) is 2.57. The normalized spacial score (nSPS) is 16.9. The first-order valence-corrected chi connectivity index (χ1v) is 8.02. The number of rotatable bonds is 7. The Morgan fingerprint density at radius 1 is 1.29 bits per heavy atom. The summed E-state index contributed by atoms with van der Waals surface area (Å²) in [5.74, 6) is 0.0645. The second kappa shape index (κ2) is 8.15. The molecule has 1 aromatic rings. The van der Waals surface area contributed by atoms with Crippen molar-refractivity contribution in [3.8, 4) is 0 Å². The highest BCUT2D eigenvalue weighted by molar-refractivity contribution is 5.93. The number of hydrogen-bond donors (Lipinski definition) is 2. The molecule has 1 amide bonds. The van der Waals surface area contributed by atoms with Crippen LogP contribution in [0.2, 0.25) is 0 Å². The predicted molar refractivity (Wildman–Crippen MR) is 87.3 cm³/mol. The third kappa shape index (κ3) is 4.83. The van der Waals surface area contributed by atoms with E-state index in [1.165, 1.54) is 31.5 Å². The number of carbonyl (C=O) groups is 1. The lowest BCUT2D eigenvalue weighted by atomic mass is 10.1. The van der Waals surface area contributed by atoms with Gasteiger partial charge in [0.15, 0.2) is 0 Å². The summed E-state index contributed by atoms with van der Waals surface area (Å²) in [6.45, 7) is 8.88. The summed E-state index contributed by atoms with van der Waals surface area (Å²) < 4.78 is 0. The molecule has 0 saturated carbocycles. The van der Waals surface area contributed by atoms with Crippen LogP contribution in [0.3, 0.4) is 0 Å². The van der Waals surface area contributed by atoms with E-state index in [-0.39, 0.29) is 11.8 Å². The van der Waals surface area contributed by atoms with Gasteiger partial charge in [0.2, 0.25) is 5.91 Å². The van der Waals surface area contributed by atoms with E-state index in [2.05, 4.69) is 28.5 Å². The van der Waals surface area contributed by atoms with Crippen LogP contribution >= 0.6 is 0 Å². The number of benzene rings is 1. The zero-order valence-electron chi connectivity index (χ0n) is 13.2. The molecule has 1 aliphatic rings. The van der Waals surface area contributed by atoms with Gasteiger partial charge in [0, 0.05) is 24.7 Å². The van der Waals surface area contributed by atoms with Gasteiger partial charge in [-0.3, -0.25) is 9.69 Å². The Balaban J connectivity index is 1.97. The molecule has 1 aliphatic heterocycles. The second-order valence-corrected chi connectivity index (χ2v) is 5.84. The predicted octanol–water partition coefficient (Wildman–Crippen LogP) is 2.47. The van der Waals surface area contributed by atoms with Crippen molar-refractivity contribution in [2.75, 3.05) is 31.5 Å². The number of amides is 1. The van der Waals surface area contributed by atoms with Crippen molar-refractivity contribution in [2.24, 2.45) is 5.92 Å². The monoisotopic (exact) mass is 289 g/mol. The van der Waals surface area contributed by atoms with Crippen molar-refractivity contribution in [1.82, 2.24) is 10.2 Å². The Bertz CT molecular complexity index is 455. The fraction of sp³-hybridized carbons (Fsp3) is 0.588. The number of hydrogen-bond acceptors (Lipinski definition) is 3. The molecule has 2 N–H and O–H groups in total. The summed E-state index contributed by atoms with van der Waals surface area (Å²) in [4.78, 5) is 14.7. The summed E-state index contributed by atoms with van der Waals surface area (Å²) in [5, 5.41) is 6.31. The van der Waals surface area contributed by atoms with Crippen LogP contribution in [0, 0.1) is 5.92 Å². The first-order chi connectivity index (χ1) is 10.2. The fourth-order valence-electron chi connectivity index (χ4n) is 2.67. The molecule has 1 heterocycles. The minimum Gasteiger partial charge on any atom is -0.326 e. The van der Waals surface area contributed by atoms with Crippen LogP contribution < -0.4 is 10.6 Å². The van der Waals surface area contributed by atoms with E-state index >= 15 is 0 Å². The van der Waals surface area contributed by atoms with Crippen LogP contribution in [-0.2, 0) is 11.3 Å². The molecule has 0 radical (unpaired) electrons. The van der Waals surface area contributed by atoms with Crippen molar-refractivity contribution in [3.05, 3.63) is 29.8 Å². The summed E-state index contributed by atoms with van der Waals surface area (Å²) in [6, 6.07) is 8.15. The van der Waals surface area contributed by atoms with Crippen molar-refractivity contribution in [3.63, 3.8) is 0 Å². The molecule has 4 nitrogen and oxygen atoms in total. The van der Waals surface area contributed by atoms with E-state index in [0.717, 1.165) is 25.3 Å². The van der Waals surface area contributed by atoms with Crippen LogP contribution in [0.4, 0.5) is 5.69 Å². The van der Waals surface area contributed by atoms with Crippen molar-refractivity contribution < 1.29 is 4.79 Å². The number of anilines is 1. The van der Waals surface area contributed by atoms with E-state index in [0.29, 0.717) is 0 Å². The average molecular weight is 289 g/mol. The van der Waals surface area contributed by atoms with E-state index in [1.54, 1.807) is 0 Å². The molecule has 4 heteroatoms. The van der Waals surface area contributed by atoms with E-state index < -0.39 is 0 Å². The van der Waals surface area contributed by atoms with Gasteiger partial charge in [0.25, 0.3) is 0 Å². The quantitative estimate of drug-likeness (QED) is 0.810. The molecule has 1 unspecified atom stereocenters. The topological polar surface area (TPSA) is 44.4 Å². The Morgan fingerprint density at radius 2 is 2.00 bits per heavy atom. The largest absolute Gasteiger partial charge is 0.326 e. The van der Waals surface area contributed by atoms with Gasteiger partial charge in [-0.05, 0) is 44.1 Å². The van der Waals surface area contributed by atoms with Gasteiger partial charge in [-0.1, -0.05) is 32.0 Å². The molecule has 0 aliphatic carbocycles. The van der Waals surface area contributed by atoms with Gasteiger partial charge in [0.1, 0.15) is 0 Å².